The van der Waals surface area contributed by atoms with Gasteiger partial charge in [0.1, 0.15) is 10.2 Å². The molecule has 1 fully saturated rings. The number of nitrogens with one attached hydrogen (secondary N) is 1. The summed E-state index contributed by atoms with van der Waals surface area (Å²) in [6.45, 7) is 6.84. The lowest BCUT2D eigenvalue weighted by Gasteiger charge is -2.39. The molecule has 2 atom stereocenters. The number of rotatable bonds is 6. The molecule has 0 saturated heterocycles. The Balaban J connectivity index is 1.48. The molecular formula is C21H27FN2OS2. The normalized spacial score (nSPS) is 21.8. The van der Waals surface area contributed by atoms with Gasteiger partial charge in [0.15, 0.2) is 0 Å². The number of amides is 1. The summed E-state index contributed by atoms with van der Waals surface area (Å²) in [4.78, 5) is 17.0. The van der Waals surface area contributed by atoms with Gasteiger partial charge in [0.2, 0.25) is 5.91 Å². The number of nitrogens with zero attached hydrogens (tertiary/aromatic N) is 1. The molecular weight excluding hydrogens is 379 g/mol. The van der Waals surface area contributed by atoms with Crippen molar-refractivity contribution < 1.29 is 9.18 Å². The monoisotopic (exact) mass is 406 g/mol. The van der Waals surface area contributed by atoms with Gasteiger partial charge in [0.25, 0.3) is 0 Å². The molecule has 1 aromatic heterocycles. The van der Waals surface area contributed by atoms with Crippen LogP contribution in [-0.2, 0) is 17.0 Å². The Hall–Kier alpha value is -1.40. The number of halogens is 1. The van der Waals surface area contributed by atoms with Gasteiger partial charge in [-0.1, -0.05) is 44.7 Å². The summed E-state index contributed by atoms with van der Waals surface area (Å²) in [6, 6.07) is 6.79. The van der Waals surface area contributed by atoms with Gasteiger partial charge in [-0.2, -0.15) is 0 Å². The quantitative estimate of drug-likeness (QED) is 0.649. The van der Waals surface area contributed by atoms with Crippen molar-refractivity contribution in [3.05, 3.63) is 46.7 Å². The molecule has 6 heteroatoms. The number of hydrogen-bond acceptors (Lipinski definition) is 4. The summed E-state index contributed by atoms with van der Waals surface area (Å²) in [7, 11) is 0. The molecule has 0 radical (unpaired) electrons. The van der Waals surface area contributed by atoms with Gasteiger partial charge in [-0.15, -0.1) is 11.3 Å². The maximum Gasteiger partial charge on any atom is 0.226 e. The van der Waals surface area contributed by atoms with E-state index in [-0.39, 0.29) is 17.8 Å². The minimum absolute atomic E-state index is 0.0604. The van der Waals surface area contributed by atoms with Gasteiger partial charge < -0.3 is 5.32 Å². The molecule has 2 aromatic rings. The van der Waals surface area contributed by atoms with Crippen LogP contribution in [0, 0.1) is 17.2 Å². The summed E-state index contributed by atoms with van der Waals surface area (Å²) in [5.74, 6) is 1.23. The first kappa shape index (κ1) is 20.3. The van der Waals surface area contributed by atoms with E-state index in [1.54, 1.807) is 35.2 Å². The van der Waals surface area contributed by atoms with Crippen LogP contribution in [0.1, 0.15) is 51.3 Å². The van der Waals surface area contributed by atoms with Crippen LogP contribution in [-0.4, -0.2) is 16.9 Å². The van der Waals surface area contributed by atoms with Crippen LogP contribution in [0.25, 0.3) is 0 Å². The van der Waals surface area contributed by atoms with Crippen molar-refractivity contribution in [2.45, 2.75) is 62.6 Å². The van der Waals surface area contributed by atoms with E-state index >= 15 is 0 Å². The first-order valence-electron chi connectivity index (χ1n) is 9.40. The number of aromatic nitrogens is 1. The van der Waals surface area contributed by atoms with Crippen LogP contribution >= 0.6 is 23.1 Å². The largest absolute Gasteiger partial charge is 0.353 e. The predicted molar refractivity (Wildman–Crippen MR) is 111 cm³/mol. The van der Waals surface area contributed by atoms with E-state index in [0.717, 1.165) is 34.2 Å². The smallest absolute Gasteiger partial charge is 0.226 e. The third kappa shape index (κ3) is 6.32. The number of thioether (sulfide) groups is 1. The fraction of sp³-hybridized carbons (Fsp3) is 0.524. The minimum atomic E-state index is -0.220. The van der Waals surface area contributed by atoms with Crippen molar-refractivity contribution in [2.24, 2.45) is 11.3 Å². The first-order valence-corrected chi connectivity index (χ1v) is 11.3. The summed E-state index contributed by atoms with van der Waals surface area (Å²) in [5, 5.41) is 5.17. The Morgan fingerprint density at radius 1 is 1.33 bits per heavy atom. The van der Waals surface area contributed by atoms with Gasteiger partial charge in [-0.05, 0) is 48.3 Å². The van der Waals surface area contributed by atoms with Crippen molar-refractivity contribution in [3.8, 4) is 0 Å². The zero-order valence-corrected chi connectivity index (χ0v) is 17.8. The Labute approximate surface area is 169 Å². The van der Waals surface area contributed by atoms with Crippen molar-refractivity contribution in [1.82, 2.24) is 10.3 Å². The molecule has 1 amide bonds. The van der Waals surface area contributed by atoms with Gasteiger partial charge in [-0.25, -0.2) is 9.37 Å². The van der Waals surface area contributed by atoms with Gasteiger partial charge in [0, 0.05) is 17.2 Å². The Kier molecular flexibility index (Phi) is 6.58. The topological polar surface area (TPSA) is 42.0 Å². The van der Waals surface area contributed by atoms with Crippen LogP contribution in [0.3, 0.4) is 0 Å². The summed E-state index contributed by atoms with van der Waals surface area (Å²) in [6.07, 6.45) is 3.66. The molecule has 0 bridgehead atoms. The SMILES string of the molecule is CC1CC(NC(=O)Cc2csc(SCc3ccc(F)cc3)n2)CC(C)(C)C1. The molecule has 1 aromatic carbocycles. The molecule has 146 valence electrons. The number of benzene rings is 1. The summed E-state index contributed by atoms with van der Waals surface area (Å²) < 4.78 is 13.9. The summed E-state index contributed by atoms with van der Waals surface area (Å²) in [5.41, 5.74) is 2.17. The molecule has 1 aliphatic carbocycles. The van der Waals surface area contributed by atoms with Crippen LogP contribution in [0.2, 0.25) is 0 Å². The lowest BCUT2D eigenvalue weighted by Crippen LogP contribution is -2.43. The highest BCUT2D eigenvalue weighted by atomic mass is 32.2. The second-order valence-electron chi connectivity index (χ2n) is 8.37. The van der Waals surface area contributed by atoms with Gasteiger partial charge >= 0.3 is 0 Å². The maximum atomic E-state index is 13.0. The second-order valence-corrected chi connectivity index (χ2v) is 10.5. The van der Waals surface area contributed by atoms with E-state index in [0.29, 0.717) is 17.8 Å². The van der Waals surface area contributed by atoms with E-state index in [9.17, 15) is 9.18 Å². The van der Waals surface area contributed by atoms with E-state index in [1.165, 1.54) is 18.6 Å². The standard InChI is InChI=1S/C21H27FN2OS2/c1-14-8-17(11-21(2,3)10-14)23-19(25)9-18-13-27-20(24-18)26-12-15-4-6-16(22)7-5-15/h4-7,13-14,17H,8-12H2,1-3H3,(H,23,25). The van der Waals surface area contributed by atoms with Crippen LogP contribution in [0.5, 0.6) is 0 Å². The fourth-order valence-corrected chi connectivity index (χ4v) is 5.86. The molecule has 3 rings (SSSR count). The lowest BCUT2D eigenvalue weighted by atomic mass is 9.70. The molecule has 1 aliphatic rings. The average molecular weight is 407 g/mol. The molecule has 3 nitrogen and oxygen atoms in total. The number of carbonyl (C=O) groups excluding carboxylic acids is 1. The maximum absolute atomic E-state index is 13.0. The molecule has 0 aliphatic heterocycles. The Morgan fingerprint density at radius 2 is 2.07 bits per heavy atom. The van der Waals surface area contributed by atoms with Crippen molar-refractivity contribution in [2.75, 3.05) is 0 Å². The zero-order valence-electron chi connectivity index (χ0n) is 16.1. The van der Waals surface area contributed by atoms with E-state index < -0.39 is 0 Å². The van der Waals surface area contributed by atoms with Crippen LogP contribution in [0.4, 0.5) is 4.39 Å². The van der Waals surface area contributed by atoms with Crippen molar-refractivity contribution in [1.29, 1.82) is 0 Å². The number of carbonyl (C=O) groups is 1. The lowest BCUT2D eigenvalue weighted by molar-refractivity contribution is -0.121. The van der Waals surface area contributed by atoms with Crippen LogP contribution in [0.15, 0.2) is 34.0 Å². The van der Waals surface area contributed by atoms with Gasteiger partial charge in [0.05, 0.1) is 12.1 Å². The molecule has 27 heavy (non-hydrogen) atoms. The second kappa shape index (κ2) is 8.74. The molecule has 1 saturated carbocycles. The van der Waals surface area contributed by atoms with E-state index in [1.807, 2.05) is 5.38 Å². The van der Waals surface area contributed by atoms with E-state index in [4.69, 9.17) is 0 Å². The highest BCUT2D eigenvalue weighted by Gasteiger charge is 2.32. The minimum Gasteiger partial charge on any atom is -0.353 e. The molecule has 2 unspecified atom stereocenters. The predicted octanol–water partition coefficient (Wildman–Crippen LogP) is 5.45. The molecule has 1 heterocycles. The average Bonchev–Trinajstić information content (AvgIpc) is 2.99. The zero-order chi connectivity index (χ0) is 19.4. The van der Waals surface area contributed by atoms with Crippen molar-refractivity contribution in [3.63, 3.8) is 0 Å². The Morgan fingerprint density at radius 3 is 2.78 bits per heavy atom. The van der Waals surface area contributed by atoms with Crippen LogP contribution < -0.4 is 5.32 Å². The fourth-order valence-electron chi connectivity index (χ4n) is 4.06. The molecule has 0 spiro atoms. The summed E-state index contributed by atoms with van der Waals surface area (Å²) >= 11 is 3.17. The van der Waals surface area contributed by atoms with Crippen molar-refractivity contribution >= 4 is 29.0 Å². The van der Waals surface area contributed by atoms with E-state index in [2.05, 4.69) is 31.1 Å². The highest BCUT2D eigenvalue weighted by molar-refractivity contribution is 8.00. The number of thiazole rings is 1. The third-order valence-corrected chi connectivity index (χ3v) is 7.04. The third-order valence-electron chi connectivity index (χ3n) is 4.90. The first-order chi connectivity index (χ1) is 12.8. The molecule has 1 N–H and O–H groups in total. The highest BCUT2D eigenvalue weighted by Crippen LogP contribution is 2.38. The number of hydrogen-bond donors (Lipinski definition) is 1. The van der Waals surface area contributed by atoms with Gasteiger partial charge in [-0.3, -0.25) is 4.79 Å². The Bertz CT molecular complexity index is 773.